The third kappa shape index (κ3) is 4.07. The van der Waals surface area contributed by atoms with Crippen molar-refractivity contribution in [3.63, 3.8) is 0 Å². The van der Waals surface area contributed by atoms with Gasteiger partial charge in [0.25, 0.3) is 5.69 Å². The Hall–Kier alpha value is -3.19. The van der Waals surface area contributed by atoms with Crippen LogP contribution >= 0.6 is 0 Å². The Kier molecular flexibility index (Phi) is 5.81. The maximum Gasteiger partial charge on any atom is 0.309 e. The minimum absolute atomic E-state index is 0.00246. The van der Waals surface area contributed by atoms with Crippen molar-refractivity contribution >= 4 is 22.6 Å². The van der Waals surface area contributed by atoms with Crippen molar-refractivity contribution in [3.8, 4) is 5.69 Å². The van der Waals surface area contributed by atoms with Gasteiger partial charge >= 0.3 is 5.97 Å². The molecule has 1 fully saturated rings. The van der Waals surface area contributed by atoms with Crippen LogP contribution < -0.4 is 0 Å². The molecule has 0 N–H and O–H groups in total. The van der Waals surface area contributed by atoms with Gasteiger partial charge < -0.3 is 9.30 Å². The van der Waals surface area contributed by atoms with E-state index in [2.05, 4.69) is 27.8 Å². The lowest BCUT2D eigenvalue weighted by molar-refractivity contribution is -0.384. The van der Waals surface area contributed by atoms with Crippen molar-refractivity contribution in [2.45, 2.75) is 26.3 Å². The molecule has 1 aliphatic heterocycles. The molecule has 30 heavy (non-hydrogen) atoms. The fourth-order valence-electron chi connectivity index (χ4n) is 4.15. The summed E-state index contributed by atoms with van der Waals surface area (Å²) in [5.74, 6) is -0.0745. The number of carbonyl (C=O) groups excluding carboxylic acids is 1. The van der Waals surface area contributed by atoms with Gasteiger partial charge in [-0.3, -0.25) is 19.8 Å². The molecule has 0 spiro atoms. The molecule has 4 rings (SSSR count). The summed E-state index contributed by atoms with van der Waals surface area (Å²) in [6, 6.07) is 14.8. The van der Waals surface area contributed by atoms with Crippen LogP contribution in [-0.2, 0) is 16.1 Å². The van der Waals surface area contributed by atoms with Gasteiger partial charge in [0.1, 0.15) is 0 Å². The maximum atomic E-state index is 12.0. The van der Waals surface area contributed by atoms with E-state index in [0.29, 0.717) is 6.61 Å². The first-order valence-electron chi connectivity index (χ1n) is 10.3. The Bertz CT molecular complexity index is 1050. The van der Waals surface area contributed by atoms with Gasteiger partial charge in [-0.05, 0) is 56.6 Å². The first-order chi connectivity index (χ1) is 14.6. The number of rotatable bonds is 6. The predicted molar refractivity (Wildman–Crippen MR) is 115 cm³/mol. The zero-order valence-electron chi connectivity index (χ0n) is 17.0. The van der Waals surface area contributed by atoms with Crippen LogP contribution in [0.5, 0.6) is 0 Å². The molecule has 2 aromatic carbocycles. The number of benzene rings is 2. The van der Waals surface area contributed by atoms with Crippen LogP contribution in [0.15, 0.2) is 54.7 Å². The largest absolute Gasteiger partial charge is 0.466 e. The number of non-ortho nitro benzene ring substituents is 1. The second kappa shape index (κ2) is 8.67. The first kappa shape index (κ1) is 20.1. The molecule has 0 atom stereocenters. The Morgan fingerprint density at radius 3 is 2.50 bits per heavy atom. The number of nitrogens with zero attached hydrogens (tertiary/aromatic N) is 3. The predicted octanol–water partition coefficient (Wildman–Crippen LogP) is 4.31. The molecule has 2 heterocycles. The van der Waals surface area contributed by atoms with Crippen molar-refractivity contribution < 1.29 is 14.5 Å². The van der Waals surface area contributed by atoms with Crippen molar-refractivity contribution in [1.82, 2.24) is 9.47 Å². The van der Waals surface area contributed by atoms with Crippen LogP contribution in [0.4, 0.5) is 5.69 Å². The average Bonchev–Trinajstić information content (AvgIpc) is 3.13. The number of para-hydroxylation sites is 1. The van der Waals surface area contributed by atoms with E-state index in [1.165, 1.54) is 23.1 Å². The summed E-state index contributed by atoms with van der Waals surface area (Å²) in [5, 5.41) is 12.1. The molecule has 156 valence electrons. The Balaban J connectivity index is 1.54. The summed E-state index contributed by atoms with van der Waals surface area (Å²) in [5.41, 5.74) is 3.25. The Labute approximate surface area is 175 Å². The van der Waals surface area contributed by atoms with Gasteiger partial charge in [0.05, 0.1) is 23.0 Å². The molecular weight excluding hydrogens is 382 g/mol. The number of ether oxygens (including phenoxy) is 1. The monoisotopic (exact) mass is 407 g/mol. The zero-order valence-corrected chi connectivity index (χ0v) is 17.0. The molecule has 0 amide bonds. The summed E-state index contributed by atoms with van der Waals surface area (Å²) >= 11 is 0. The number of nitro groups is 1. The second-order valence-corrected chi connectivity index (χ2v) is 7.62. The van der Waals surface area contributed by atoms with Crippen molar-refractivity contribution in [2.75, 3.05) is 19.7 Å². The minimum atomic E-state index is -0.386. The third-order valence-electron chi connectivity index (χ3n) is 5.73. The number of aromatic nitrogens is 1. The van der Waals surface area contributed by atoms with Crippen molar-refractivity contribution in [1.29, 1.82) is 0 Å². The average molecular weight is 407 g/mol. The number of fused-ring (bicyclic) bond motifs is 1. The molecule has 7 heteroatoms. The maximum absolute atomic E-state index is 12.0. The standard InChI is InChI=1S/C23H25N3O4/c1-2-30-23(27)17-11-13-24(14-12-17)15-18-16-25(22-6-4-3-5-21(18)22)19-7-9-20(10-8-19)26(28)29/h3-10,16-17H,2,11-15H2,1H3. The summed E-state index contributed by atoms with van der Waals surface area (Å²) in [6.45, 7) is 4.80. The highest BCUT2D eigenvalue weighted by molar-refractivity contribution is 5.85. The van der Waals surface area contributed by atoms with Gasteiger partial charge in [-0.1, -0.05) is 18.2 Å². The van der Waals surface area contributed by atoms with E-state index < -0.39 is 0 Å². The van der Waals surface area contributed by atoms with E-state index in [-0.39, 0.29) is 22.5 Å². The van der Waals surface area contributed by atoms with E-state index in [1.54, 1.807) is 12.1 Å². The molecule has 0 radical (unpaired) electrons. The topological polar surface area (TPSA) is 77.6 Å². The number of nitro benzene ring substituents is 1. The first-order valence-corrected chi connectivity index (χ1v) is 10.3. The van der Waals surface area contributed by atoms with E-state index in [4.69, 9.17) is 4.74 Å². The lowest BCUT2D eigenvalue weighted by atomic mass is 9.96. The highest BCUT2D eigenvalue weighted by Gasteiger charge is 2.26. The van der Waals surface area contributed by atoms with Gasteiger partial charge in [0.2, 0.25) is 0 Å². The summed E-state index contributed by atoms with van der Waals surface area (Å²) < 4.78 is 7.25. The second-order valence-electron chi connectivity index (χ2n) is 7.62. The van der Waals surface area contributed by atoms with Crippen LogP contribution in [0.1, 0.15) is 25.3 Å². The number of likely N-dealkylation sites (tertiary alicyclic amines) is 1. The number of esters is 1. The number of piperidine rings is 1. The molecule has 1 aromatic heterocycles. The Morgan fingerprint density at radius 2 is 1.83 bits per heavy atom. The molecule has 0 aliphatic carbocycles. The van der Waals surface area contributed by atoms with Crippen LogP contribution in [-0.4, -0.2) is 40.1 Å². The van der Waals surface area contributed by atoms with Crippen LogP contribution in [0.2, 0.25) is 0 Å². The summed E-state index contributed by atoms with van der Waals surface area (Å²) in [4.78, 5) is 24.9. The zero-order chi connectivity index (χ0) is 21.1. The Morgan fingerprint density at radius 1 is 1.13 bits per heavy atom. The van der Waals surface area contributed by atoms with E-state index in [1.807, 2.05) is 19.1 Å². The van der Waals surface area contributed by atoms with Gasteiger partial charge in [-0.25, -0.2) is 0 Å². The van der Waals surface area contributed by atoms with Gasteiger partial charge in [-0.2, -0.15) is 0 Å². The van der Waals surface area contributed by atoms with E-state index in [0.717, 1.165) is 43.7 Å². The molecule has 0 bridgehead atoms. The highest BCUT2D eigenvalue weighted by Crippen LogP contribution is 2.28. The van der Waals surface area contributed by atoms with Gasteiger partial charge in [-0.15, -0.1) is 0 Å². The summed E-state index contributed by atoms with van der Waals surface area (Å²) in [6.07, 6.45) is 3.75. The lowest BCUT2D eigenvalue weighted by Crippen LogP contribution is -2.36. The highest BCUT2D eigenvalue weighted by atomic mass is 16.6. The molecule has 7 nitrogen and oxygen atoms in total. The smallest absolute Gasteiger partial charge is 0.309 e. The molecule has 1 saturated heterocycles. The quantitative estimate of drug-likeness (QED) is 0.346. The van der Waals surface area contributed by atoms with Crippen LogP contribution in [0, 0.1) is 16.0 Å². The normalized spacial score (nSPS) is 15.4. The third-order valence-corrected chi connectivity index (χ3v) is 5.73. The SMILES string of the molecule is CCOC(=O)C1CCN(Cc2cn(-c3ccc([N+](=O)[O-])cc3)c3ccccc23)CC1. The van der Waals surface area contributed by atoms with Crippen LogP contribution in [0.25, 0.3) is 16.6 Å². The number of hydrogen-bond acceptors (Lipinski definition) is 5. The van der Waals surface area contributed by atoms with E-state index >= 15 is 0 Å². The van der Waals surface area contributed by atoms with Crippen LogP contribution in [0.3, 0.4) is 0 Å². The molecule has 1 aliphatic rings. The minimum Gasteiger partial charge on any atom is -0.466 e. The summed E-state index contributed by atoms with van der Waals surface area (Å²) in [7, 11) is 0. The fourth-order valence-corrected chi connectivity index (χ4v) is 4.15. The number of hydrogen-bond donors (Lipinski definition) is 0. The molecular formula is C23H25N3O4. The van der Waals surface area contributed by atoms with Gasteiger partial charge in [0.15, 0.2) is 0 Å². The lowest BCUT2D eigenvalue weighted by Gasteiger charge is -2.30. The van der Waals surface area contributed by atoms with Gasteiger partial charge in [0, 0.05) is 35.9 Å². The van der Waals surface area contributed by atoms with Crippen molar-refractivity contribution in [2.24, 2.45) is 5.92 Å². The molecule has 3 aromatic rings. The fraction of sp³-hybridized carbons (Fsp3) is 0.348. The number of carbonyl (C=O) groups is 1. The van der Waals surface area contributed by atoms with Crippen molar-refractivity contribution in [3.05, 3.63) is 70.4 Å². The molecule has 0 saturated carbocycles. The molecule has 0 unspecified atom stereocenters. The van der Waals surface area contributed by atoms with E-state index in [9.17, 15) is 14.9 Å².